The van der Waals surface area contributed by atoms with Crippen molar-refractivity contribution in [3.05, 3.63) is 22.6 Å². The van der Waals surface area contributed by atoms with E-state index >= 15 is 0 Å². The molecule has 9 heavy (non-hydrogen) atoms. The molecule has 0 radical (unpaired) electrons. The number of allylic oxidation sites excluding steroid dienone is 2. The molecule has 44 valence electrons. The van der Waals surface area contributed by atoms with Crippen LogP contribution in [0.15, 0.2) is 22.6 Å². The van der Waals surface area contributed by atoms with Gasteiger partial charge in [-0.3, -0.25) is 0 Å². The van der Waals surface area contributed by atoms with Gasteiger partial charge in [0, 0.05) is 0 Å². The zero-order chi connectivity index (χ0) is 6.27. The average Bonchev–Trinajstić information content (AvgIpc) is 2.64. The summed E-state index contributed by atoms with van der Waals surface area (Å²) < 4.78 is 6.17. The Hall–Kier alpha value is -0.637. The first-order valence-corrected chi connectivity index (χ1v) is 5.79. The molecule has 2 aliphatic rings. The van der Waals surface area contributed by atoms with Crippen LogP contribution < -0.4 is 0 Å². The second kappa shape index (κ2) is 1.67. The molecule has 2 aliphatic heterocycles. The van der Waals surface area contributed by atoms with Crippen LogP contribution in [0.1, 0.15) is 0 Å². The van der Waals surface area contributed by atoms with Crippen molar-refractivity contribution < 1.29 is 8.56 Å². The minimum absolute atomic E-state index is 0.757. The topological polar surface area (TPSA) is 29.6 Å². The zero-order valence-corrected chi connectivity index (χ0v) is 6.72. The summed E-state index contributed by atoms with van der Waals surface area (Å²) >= 11 is -1.30. The first-order chi connectivity index (χ1) is 4.42. The molecule has 2 heterocycles. The van der Waals surface area contributed by atoms with E-state index in [4.69, 9.17) is 3.76 Å². The van der Waals surface area contributed by atoms with Crippen molar-refractivity contribution >= 4 is 25.1 Å². The van der Waals surface area contributed by atoms with Gasteiger partial charge in [-0.05, 0) is 0 Å². The molecule has 0 fully saturated rings. The van der Waals surface area contributed by atoms with Crippen LogP contribution in [0.3, 0.4) is 0 Å². The number of rotatable bonds is 1. The van der Waals surface area contributed by atoms with Gasteiger partial charge in [-0.1, -0.05) is 0 Å². The van der Waals surface area contributed by atoms with Gasteiger partial charge in [-0.25, -0.2) is 0 Å². The van der Waals surface area contributed by atoms with Gasteiger partial charge in [0.05, 0.1) is 0 Å². The third kappa shape index (κ3) is 0.702. The molecule has 0 saturated carbocycles. The fourth-order valence-corrected chi connectivity index (χ4v) is 3.97. The molecule has 3 heteroatoms. The van der Waals surface area contributed by atoms with E-state index in [-0.39, 0.29) is 0 Å². The Kier molecular flexibility index (Phi) is 0.959. The van der Waals surface area contributed by atoms with Gasteiger partial charge >= 0.3 is 56.3 Å². The maximum absolute atomic E-state index is 10.2. The van der Waals surface area contributed by atoms with Gasteiger partial charge in [0.25, 0.3) is 0 Å². The number of hydrogen-bond acceptors (Lipinski definition) is 2. The molecule has 0 aliphatic carbocycles. The predicted molar refractivity (Wildman–Crippen MR) is 35.1 cm³/mol. The molecule has 0 spiro atoms. The van der Waals surface area contributed by atoms with Crippen molar-refractivity contribution in [2.75, 3.05) is 0 Å². The molecular formula is C6H4GeO2. The maximum atomic E-state index is 10.2. The van der Waals surface area contributed by atoms with Crippen LogP contribution in [0.5, 0.6) is 0 Å². The van der Waals surface area contributed by atoms with E-state index in [1.54, 1.807) is 6.08 Å². The van der Waals surface area contributed by atoms with E-state index in [9.17, 15) is 4.79 Å². The van der Waals surface area contributed by atoms with Crippen molar-refractivity contribution in [2.24, 2.45) is 0 Å². The first kappa shape index (κ1) is 5.17. The Bertz CT molecular complexity index is 260. The average molecular weight is 181 g/mol. The van der Waals surface area contributed by atoms with Crippen LogP contribution in [0.25, 0.3) is 0 Å². The quantitative estimate of drug-likeness (QED) is 0.419. The zero-order valence-electron chi connectivity index (χ0n) is 4.63. The van der Waals surface area contributed by atoms with Crippen LogP contribution in [0, 0.1) is 0 Å². The third-order valence-electron chi connectivity index (χ3n) is 1.31. The van der Waals surface area contributed by atoms with Crippen LogP contribution in [-0.2, 0) is 8.56 Å². The molecular weight excluding hydrogens is 177 g/mol. The summed E-state index contributed by atoms with van der Waals surface area (Å²) in [5.74, 6) is 0. The van der Waals surface area contributed by atoms with Gasteiger partial charge in [-0.2, -0.15) is 0 Å². The van der Waals surface area contributed by atoms with Gasteiger partial charge in [0.15, 0.2) is 0 Å². The fourth-order valence-electron chi connectivity index (χ4n) is 0.803. The monoisotopic (exact) mass is 182 g/mol. The van der Waals surface area contributed by atoms with E-state index in [0.717, 1.165) is 16.4 Å². The van der Waals surface area contributed by atoms with E-state index in [0.29, 0.717) is 0 Å². The molecule has 0 N–H and O–H groups in total. The Morgan fingerprint density at radius 3 is 3.22 bits per heavy atom. The molecule has 0 bridgehead atoms. The van der Waals surface area contributed by atoms with Crippen LogP contribution >= 0.6 is 0 Å². The van der Waals surface area contributed by atoms with E-state index < -0.39 is 14.2 Å². The second-order valence-corrected chi connectivity index (χ2v) is 5.50. The first-order valence-electron chi connectivity index (χ1n) is 2.68. The summed E-state index contributed by atoms with van der Waals surface area (Å²) in [5.41, 5.74) is 0.757. The Morgan fingerprint density at radius 2 is 2.56 bits per heavy atom. The molecule has 0 saturated heterocycles. The normalized spacial score (nSPS) is 20.2. The Morgan fingerprint density at radius 1 is 1.67 bits per heavy atom. The predicted octanol–water partition coefficient (Wildman–Crippen LogP) is -0.0460. The van der Waals surface area contributed by atoms with E-state index in [1.165, 1.54) is 0 Å². The number of aldehydes is 1. The SMILES string of the molecule is O=CC1=CC=[CH][Ge]2=[C]1[O]2. The van der Waals surface area contributed by atoms with Gasteiger partial charge in [0.2, 0.25) is 0 Å². The van der Waals surface area contributed by atoms with Crippen molar-refractivity contribution in [2.45, 2.75) is 0 Å². The van der Waals surface area contributed by atoms with Crippen molar-refractivity contribution in [3.8, 4) is 0 Å². The standard InChI is InChI=1S/C6H4GeO2/c8-4-5-2-1-3-7-6(5)9-7/h1-4H. The van der Waals surface area contributed by atoms with E-state index in [1.807, 2.05) is 6.08 Å². The van der Waals surface area contributed by atoms with Crippen LogP contribution in [0.4, 0.5) is 0 Å². The van der Waals surface area contributed by atoms with Crippen LogP contribution in [0.2, 0.25) is 0 Å². The molecule has 0 aromatic heterocycles. The summed E-state index contributed by atoms with van der Waals surface area (Å²) in [5, 5.41) is 0. The van der Waals surface area contributed by atoms with Crippen molar-refractivity contribution in [1.29, 1.82) is 0 Å². The Balaban J connectivity index is 2.44. The molecule has 0 aromatic carbocycles. The molecule has 0 atom stereocenters. The summed E-state index contributed by atoms with van der Waals surface area (Å²) in [6, 6.07) is 0. The van der Waals surface area contributed by atoms with Gasteiger partial charge in [-0.15, -0.1) is 0 Å². The molecule has 2 nitrogen and oxygen atoms in total. The summed E-state index contributed by atoms with van der Waals surface area (Å²) in [6.45, 7) is 0. The fraction of sp³-hybridized carbons (Fsp3) is 0. The van der Waals surface area contributed by atoms with Crippen molar-refractivity contribution in [1.82, 2.24) is 0 Å². The van der Waals surface area contributed by atoms with E-state index in [2.05, 4.69) is 4.91 Å². The Labute approximate surface area is 56.8 Å². The number of carbonyl (C=O) groups is 1. The minimum atomic E-state index is -1.30. The molecule has 0 aromatic rings. The second-order valence-electron chi connectivity index (χ2n) is 1.89. The third-order valence-corrected chi connectivity index (χ3v) is 4.61. The van der Waals surface area contributed by atoms with Crippen molar-refractivity contribution in [3.63, 3.8) is 0 Å². The molecule has 2 rings (SSSR count). The summed E-state index contributed by atoms with van der Waals surface area (Å²) in [6.07, 6.45) is 4.57. The number of hydrogen-bond donors (Lipinski definition) is 0. The summed E-state index contributed by atoms with van der Waals surface area (Å²) in [4.78, 5) is 12.3. The van der Waals surface area contributed by atoms with Gasteiger partial charge < -0.3 is 0 Å². The molecule has 0 amide bonds. The van der Waals surface area contributed by atoms with Crippen LogP contribution in [-0.4, -0.2) is 25.1 Å². The van der Waals surface area contributed by atoms with Gasteiger partial charge in [0.1, 0.15) is 0 Å². The molecule has 0 unspecified atom stereocenters. The number of carbonyl (C=O) groups excluding carboxylic acids is 1. The summed E-state index contributed by atoms with van der Waals surface area (Å²) in [7, 11) is 0.